The number of rotatable bonds is 3. The van der Waals surface area contributed by atoms with Crippen LogP contribution < -0.4 is 5.32 Å². The van der Waals surface area contributed by atoms with Crippen molar-refractivity contribution in [2.45, 2.75) is 19.3 Å². The maximum atomic E-state index is 13.0. The number of halogens is 1. The molecule has 2 atom stereocenters. The maximum absolute atomic E-state index is 13.0. The lowest BCUT2D eigenvalue weighted by Crippen LogP contribution is -2.53. The fourth-order valence-electron chi connectivity index (χ4n) is 1.56. The fraction of sp³-hybridized carbons (Fsp3) is 1.00. The van der Waals surface area contributed by atoms with Crippen molar-refractivity contribution in [1.29, 1.82) is 0 Å². The van der Waals surface area contributed by atoms with Gasteiger partial charge in [-0.05, 0) is 14.0 Å². The molecular weight excluding hydrogens is 159 g/mol. The second-order valence-corrected chi connectivity index (χ2v) is 3.06. The maximum Gasteiger partial charge on any atom is 0.126 e. The molecule has 1 N–H and O–H groups in total. The molecule has 0 saturated carbocycles. The zero-order chi connectivity index (χ0) is 8.97. The van der Waals surface area contributed by atoms with Crippen LogP contribution in [0.3, 0.4) is 0 Å². The molecule has 3 nitrogen and oxygen atoms in total. The Labute approximate surface area is 72.9 Å². The number of alkyl halides is 1. The largest absolute Gasteiger partial charge is 0.379 e. The van der Waals surface area contributed by atoms with Gasteiger partial charge in [-0.1, -0.05) is 0 Å². The average molecular weight is 176 g/mol. The first-order valence-electron chi connectivity index (χ1n) is 4.39. The van der Waals surface area contributed by atoms with Crippen LogP contribution in [0.2, 0.25) is 0 Å². The molecule has 0 bridgehead atoms. The number of hydrogen-bond donors (Lipinski definition) is 1. The van der Waals surface area contributed by atoms with Crippen LogP contribution >= 0.6 is 0 Å². The molecular formula is C8H17FN2O. The summed E-state index contributed by atoms with van der Waals surface area (Å²) >= 11 is 0. The molecule has 0 radical (unpaired) electrons. The quantitative estimate of drug-likeness (QED) is 0.666. The van der Waals surface area contributed by atoms with Crippen LogP contribution in [0.4, 0.5) is 4.39 Å². The first-order chi connectivity index (χ1) is 5.75. The summed E-state index contributed by atoms with van der Waals surface area (Å²) in [4.78, 5) is 2.08. The highest BCUT2D eigenvalue weighted by molar-refractivity contribution is 4.74. The van der Waals surface area contributed by atoms with Crippen LogP contribution in [0.15, 0.2) is 0 Å². The van der Waals surface area contributed by atoms with Gasteiger partial charge in [-0.25, -0.2) is 4.39 Å². The standard InChI is InChI=1S/C8H17FN2O/c1-7(9)8(10-2)11-3-5-12-6-4-11/h7-8,10H,3-6H2,1-2H3/t7?,8-/m1/s1. The first-order valence-corrected chi connectivity index (χ1v) is 4.39. The molecule has 0 aromatic heterocycles. The topological polar surface area (TPSA) is 24.5 Å². The Balaban J connectivity index is 2.40. The predicted molar refractivity (Wildman–Crippen MR) is 45.8 cm³/mol. The second-order valence-electron chi connectivity index (χ2n) is 3.06. The molecule has 0 aromatic carbocycles. The van der Waals surface area contributed by atoms with E-state index in [0.717, 1.165) is 13.1 Å². The SMILES string of the molecule is CN[C@@H](C(C)F)N1CCOCC1. The molecule has 1 fully saturated rings. The lowest BCUT2D eigenvalue weighted by atomic mass is 10.2. The summed E-state index contributed by atoms with van der Waals surface area (Å²) in [5.41, 5.74) is 0. The number of ether oxygens (including phenoxy) is 1. The fourth-order valence-corrected chi connectivity index (χ4v) is 1.56. The molecule has 1 saturated heterocycles. The highest BCUT2D eigenvalue weighted by Gasteiger charge is 2.23. The number of nitrogens with zero attached hydrogens (tertiary/aromatic N) is 1. The third-order valence-electron chi connectivity index (χ3n) is 2.17. The Hall–Kier alpha value is -0.190. The van der Waals surface area contributed by atoms with Crippen molar-refractivity contribution in [3.63, 3.8) is 0 Å². The van der Waals surface area contributed by atoms with Crippen molar-refractivity contribution in [3.05, 3.63) is 0 Å². The van der Waals surface area contributed by atoms with Gasteiger partial charge >= 0.3 is 0 Å². The van der Waals surface area contributed by atoms with Gasteiger partial charge in [0.1, 0.15) is 6.17 Å². The summed E-state index contributed by atoms with van der Waals surface area (Å²) in [7, 11) is 1.79. The summed E-state index contributed by atoms with van der Waals surface area (Å²) in [5.74, 6) is 0. The highest BCUT2D eigenvalue weighted by Crippen LogP contribution is 2.07. The smallest absolute Gasteiger partial charge is 0.126 e. The lowest BCUT2D eigenvalue weighted by Gasteiger charge is -2.34. The van der Waals surface area contributed by atoms with E-state index in [2.05, 4.69) is 10.2 Å². The minimum Gasteiger partial charge on any atom is -0.379 e. The molecule has 0 spiro atoms. The van der Waals surface area contributed by atoms with E-state index in [0.29, 0.717) is 13.2 Å². The molecule has 4 heteroatoms. The van der Waals surface area contributed by atoms with Gasteiger partial charge in [0.25, 0.3) is 0 Å². The van der Waals surface area contributed by atoms with Gasteiger partial charge in [-0.15, -0.1) is 0 Å². The minimum absolute atomic E-state index is 0.158. The number of hydrogen-bond acceptors (Lipinski definition) is 3. The van der Waals surface area contributed by atoms with E-state index < -0.39 is 6.17 Å². The number of morpholine rings is 1. The van der Waals surface area contributed by atoms with Crippen LogP contribution in [-0.2, 0) is 4.74 Å². The summed E-state index contributed by atoms with van der Waals surface area (Å²) in [6.45, 7) is 4.64. The molecule has 12 heavy (non-hydrogen) atoms. The molecule has 1 aliphatic heterocycles. The minimum atomic E-state index is -0.840. The van der Waals surface area contributed by atoms with Gasteiger partial charge in [0.05, 0.1) is 19.4 Å². The van der Waals surface area contributed by atoms with E-state index in [4.69, 9.17) is 4.74 Å². The van der Waals surface area contributed by atoms with Crippen LogP contribution in [0.5, 0.6) is 0 Å². The Morgan fingerprint density at radius 1 is 1.42 bits per heavy atom. The first kappa shape index (κ1) is 9.89. The van der Waals surface area contributed by atoms with E-state index in [1.165, 1.54) is 0 Å². The molecule has 1 unspecified atom stereocenters. The van der Waals surface area contributed by atoms with Gasteiger partial charge in [0.15, 0.2) is 0 Å². The van der Waals surface area contributed by atoms with E-state index in [1.54, 1.807) is 14.0 Å². The Morgan fingerprint density at radius 3 is 2.42 bits per heavy atom. The van der Waals surface area contributed by atoms with Crippen LogP contribution in [0.25, 0.3) is 0 Å². The van der Waals surface area contributed by atoms with Crippen LogP contribution in [-0.4, -0.2) is 50.6 Å². The summed E-state index contributed by atoms with van der Waals surface area (Å²) in [6.07, 6.45) is -0.998. The van der Waals surface area contributed by atoms with Crippen molar-refractivity contribution in [2.24, 2.45) is 0 Å². The van der Waals surface area contributed by atoms with Gasteiger partial charge in [0, 0.05) is 13.1 Å². The van der Waals surface area contributed by atoms with E-state index >= 15 is 0 Å². The van der Waals surface area contributed by atoms with E-state index in [1.807, 2.05) is 0 Å². The Morgan fingerprint density at radius 2 is 2.00 bits per heavy atom. The van der Waals surface area contributed by atoms with E-state index in [-0.39, 0.29) is 6.17 Å². The van der Waals surface area contributed by atoms with E-state index in [9.17, 15) is 4.39 Å². The van der Waals surface area contributed by atoms with Gasteiger partial charge in [0.2, 0.25) is 0 Å². The average Bonchev–Trinajstić information content (AvgIpc) is 2.07. The van der Waals surface area contributed by atoms with Crippen molar-refractivity contribution in [1.82, 2.24) is 10.2 Å². The van der Waals surface area contributed by atoms with Gasteiger partial charge < -0.3 is 10.1 Å². The third kappa shape index (κ3) is 2.40. The highest BCUT2D eigenvalue weighted by atomic mass is 19.1. The molecule has 0 amide bonds. The number of nitrogens with one attached hydrogen (secondary N) is 1. The molecule has 72 valence electrons. The summed E-state index contributed by atoms with van der Waals surface area (Å²) in [5, 5.41) is 2.97. The van der Waals surface area contributed by atoms with Crippen LogP contribution in [0.1, 0.15) is 6.92 Å². The molecule has 0 aliphatic carbocycles. The third-order valence-corrected chi connectivity index (χ3v) is 2.17. The summed E-state index contributed by atoms with van der Waals surface area (Å²) in [6, 6.07) is 0. The van der Waals surface area contributed by atoms with Crippen molar-refractivity contribution >= 4 is 0 Å². The molecule has 1 heterocycles. The molecule has 1 aliphatic rings. The zero-order valence-corrected chi connectivity index (χ0v) is 7.72. The monoisotopic (exact) mass is 176 g/mol. The van der Waals surface area contributed by atoms with Crippen molar-refractivity contribution in [2.75, 3.05) is 33.4 Å². The van der Waals surface area contributed by atoms with Crippen LogP contribution in [0, 0.1) is 0 Å². The second kappa shape index (κ2) is 4.74. The summed E-state index contributed by atoms with van der Waals surface area (Å²) < 4.78 is 18.2. The molecule has 1 rings (SSSR count). The Bertz CT molecular complexity index is 126. The van der Waals surface area contributed by atoms with Crippen molar-refractivity contribution < 1.29 is 9.13 Å². The normalized spacial score (nSPS) is 25.2. The van der Waals surface area contributed by atoms with Gasteiger partial charge in [-0.2, -0.15) is 0 Å². The lowest BCUT2D eigenvalue weighted by molar-refractivity contribution is -0.00821. The van der Waals surface area contributed by atoms with Gasteiger partial charge in [-0.3, -0.25) is 4.90 Å². The predicted octanol–water partition coefficient (Wildman–Crippen LogP) is 0.222. The molecule has 0 aromatic rings. The Kier molecular flexibility index (Phi) is 3.91. The van der Waals surface area contributed by atoms with Crippen molar-refractivity contribution in [3.8, 4) is 0 Å². The zero-order valence-electron chi connectivity index (χ0n) is 7.72.